The zero-order valence-corrected chi connectivity index (χ0v) is 13.4. The molecule has 0 saturated carbocycles. The average Bonchev–Trinajstić information content (AvgIpc) is 2.42. The molecule has 0 atom stereocenters. The van der Waals surface area contributed by atoms with E-state index in [4.69, 9.17) is 17.3 Å². The lowest BCUT2D eigenvalue weighted by Crippen LogP contribution is -2.09. The van der Waals surface area contributed by atoms with Gasteiger partial charge in [0.2, 0.25) is 0 Å². The molecule has 0 aliphatic carbocycles. The Balaban J connectivity index is 2.23. The molecule has 0 amide bonds. The summed E-state index contributed by atoms with van der Waals surface area (Å²) in [5.41, 5.74) is 7.31. The van der Waals surface area contributed by atoms with E-state index in [2.05, 4.69) is 16.9 Å². The van der Waals surface area contributed by atoms with Crippen molar-refractivity contribution in [1.29, 1.82) is 0 Å². The fourth-order valence-corrected chi connectivity index (χ4v) is 3.10. The molecule has 0 fully saturated rings. The van der Waals surface area contributed by atoms with Crippen molar-refractivity contribution < 1.29 is 0 Å². The van der Waals surface area contributed by atoms with Gasteiger partial charge in [-0.25, -0.2) is 4.98 Å². The van der Waals surface area contributed by atoms with Crippen molar-refractivity contribution in [2.75, 3.05) is 6.54 Å². The Hall–Kier alpha value is -1.30. The molecule has 0 aliphatic rings. The van der Waals surface area contributed by atoms with Crippen molar-refractivity contribution in [1.82, 2.24) is 9.97 Å². The lowest BCUT2D eigenvalue weighted by molar-refractivity contribution is 0.816. The highest BCUT2D eigenvalue weighted by Gasteiger charge is 2.07. The highest BCUT2D eigenvalue weighted by atomic mass is 35.5. The van der Waals surface area contributed by atoms with Gasteiger partial charge in [-0.05, 0) is 37.1 Å². The Bertz CT molecular complexity index is 672. The predicted octanol–water partition coefficient (Wildman–Crippen LogP) is 3.03. The first-order valence-electron chi connectivity index (χ1n) is 6.89. The van der Waals surface area contributed by atoms with Gasteiger partial charge in [-0.2, -0.15) is 0 Å². The van der Waals surface area contributed by atoms with Gasteiger partial charge in [-0.15, -0.1) is 0 Å². The molecule has 2 rings (SSSR count). The topological polar surface area (TPSA) is 71.8 Å². The molecule has 0 aliphatic heterocycles. The van der Waals surface area contributed by atoms with Crippen molar-refractivity contribution in [3.05, 3.63) is 50.9 Å². The van der Waals surface area contributed by atoms with Gasteiger partial charge in [0, 0.05) is 16.7 Å². The molecule has 0 saturated heterocycles. The summed E-state index contributed by atoms with van der Waals surface area (Å²) in [6.07, 6.45) is 2.54. The number of H-pyrrole nitrogens is 1. The highest BCUT2D eigenvalue weighted by molar-refractivity contribution is 7.99. The van der Waals surface area contributed by atoms with Crippen LogP contribution in [0.3, 0.4) is 0 Å². The first-order valence-corrected chi connectivity index (χ1v) is 8.08. The fraction of sp³-hybridized carbons (Fsp3) is 0.333. The minimum absolute atomic E-state index is 0.133. The van der Waals surface area contributed by atoms with Gasteiger partial charge in [0.15, 0.2) is 5.16 Å². The maximum Gasteiger partial charge on any atom is 0.251 e. The van der Waals surface area contributed by atoms with E-state index in [1.165, 1.54) is 11.8 Å². The first-order chi connectivity index (χ1) is 10.1. The number of aromatic amines is 1. The maximum absolute atomic E-state index is 11.6. The molecule has 0 radical (unpaired) electrons. The summed E-state index contributed by atoms with van der Waals surface area (Å²) in [7, 11) is 0. The standard InChI is InChI=1S/C15H18ClN3OS/c1-2-3-11-9-14(20)19-15(18-11)21-13-5-4-10(6-7-17)8-12(13)16/h4-5,8-9H,2-3,6-7,17H2,1H3,(H,18,19,20). The number of rotatable bonds is 6. The number of halogens is 1. The van der Waals surface area contributed by atoms with Gasteiger partial charge in [0.05, 0.1) is 5.02 Å². The van der Waals surface area contributed by atoms with E-state index in [0.29, 0.717) is 16.7 Å². The Morgan fingerprint density at radius 3 is 2.81 bits per heavy atom. The van der Waals surface area contributed by atoms with Crippen LogP contribution < -0.4 is 11.3 Å². The number of nitrogens with zero attached hydrogens (tertiary/aromatic N) is 1. The Kier molecular flexibility index (Phi) is 5.85. The Morgan fingerprint density at radius 2 is 2.14 bits per heavy atom. The second-order valence-corrected chi connectivity index (χ2v) is 6.14. The van der Waals surface area contributed by atoms with Crippen LogP contribution in [0.15, 0.2) is 39.1 Å². The number of nitrogens with one attached hydrogen (secondary N) is 1. The third kappa shape index (κ3) is 4.59. The van der Waals surface area contributed by atoms with E-state index in [0.717, 1.165) is 35.4 Å². The van der Waals surface area contributed by atoms with E-state index < -0.39 is 0 Å². The summed E-state index contributed by atoms with van der Waals surface area (Å²) >= 11 is 7.64. The largest absolute Gasteiger partial charge is 0.330 e. The number of nitrogens with two attached hydrogens (primary N) is 1. The molecule has 112 valence electrons. The molecule has 4 nitrogen and oxygen atoms in total. The van der Waals surface area contributed by atoms with Crippen LogP contribution in [0, 0.1) is 0 Å². The van der Waals surface area contributed by atoms with Gasteiger partial charge in [0.1, 0.15) is 0 Å². The molecule has 0 spiro atoms. The summed E-state index contributed by atoms with van der Waals surface area (Å²) in [6.45, 7) is 2.65. The van der Waals surface area contributed by atoms with Crippen LogP contribution in [0.1, 0.15) is 24.6 Å². The van der Waals surface area contributed by atoms with Crippen molar-refractivity contribution in [2.45, 2.75) is 36.2 Å². The van der Waals surface area contributed by atoms with Gasteiger partial charge in [-0.3, -0.25) is 4.79 Å². The van der Waals surface area contributed by atoms with Gasteiger partial charge in [0.25, 0.3) is 5.56 Å². The smallest absolute Gasteiger partial charge is 0.251 e. The molecule has 21 heavy (non-hydrogen) atoms. The lowest BCUT2D eigenvalue weighted by atomic mass is 10.1. The Morgan fingerprint density at radius 1 is 1.33 bits per heavy atom. The summed E-state index contributed by atoms with van der Waals surface area (Å²) < 4.78 is 0. The lowest BCUT2D eigenvalue weighted by Gasteiger charge is -2.07. The van der Waals surface area contributed by atoms with Crippen LogP contribution in [-0.2, 0) is 12.8 Å². The second-order valence-electron chi connectivity index (χ2n) is 4.70. The molecule has 0 unspecified atom stereocenters. The number of benzene rings is 1. The number of hydrogen-bond acceptors (Lipinski definition) is 4. The highest BCUT2D eigenvalue weighted by Crippen LogP contribution is 2.31. The van der Waals surface area contributed by atoms with Crippen LogP contribution >= 0.6 is 23.4 Å². The van der Waals surface area contributed by atoms with Crippen LogP contribution in [0.2, 0.25) is 5.02 Å². The monoisotopic (exact) mass is 323 g/mol. The van der Waals surface area contributed by atoms with Crippen molar-refractivity contribution in [3.8, 4) is 0 Å². The van der Waals surface area contributed by atoms with Crippen LogP contribution in [0.5, 0.6) is 0 Å². The molecular weight excluding hydrogens is 306 g/mol. The maximum atomic E-state index is 11.6. The molecule has 6 heteroatoms. The number of aromatic nitrogens is 2. The van der Waals surface area contributed by atoms with E-state index in [-0.39, 0.29) is 5.56 Å². The third-order valence-electron chi connectivity index (χ3n) is 2.92. The van der Waals surface area contributed by atoms with Crippen molar-refractivity contribution in [2.24, 2.45) is 5.73 Å². The van der Waals surface area contributed by atoms with Gasteiger partial charge in [-0.1, -0.05) is 42.8 Å². The normalized spacial score (nSPS) is 10.8. The van der Waals surface area contributed by atoms with E-state index in [9.17, 15) is 4.79 Å². The quantitative estimate of drug-likeness (QED) is 0.801. The van der Waals surface area contributed by atoms with E-state index in [1.54, 1.807) is 6.07 Å². The van der Waals surface area contributed by atoms with E-state index in [1.807, 2.05) is 18.2 Å². The minimum atomic E-state index is -0.133. The van der Waals surface area contributed by atoms with Crippen LogP contribution in [0.4, 0.5) is 0 Å². The minimum Gasteiger partial charge on any atom is -0.330 e. The predicted molar refractivity (Wildman–Crippen MR) is 87.2 cm³/mol. The summed E-state index contributed by atoms with van der Waals surface area (Å²) in [5.74, 6) is 0. The Labute approximate surface area is 133 Å². The van der Waals surface area contributed by atoms with Crippen LogP contribution in [0.25, 0.3) is 0 Å². The molecule has 3 N–H and O–H groups in total. The fourth-order valence-electron chi connectivity index (χ4n) is 1.97. The molecule has 1 aromatic carbocycles. The summed E-state index contributed by atoms with van der Waals surface area (Å²) in [4.78, 5) is 19.7. The zero-order valence-electron chi connectivity index (χ0n) is 11.9. The SMILES string of the molecule is CCCc1cc(=O)[nH]c(Sc2ccc(CCN)cc2Cl)n1. The second kappa shape index (κ2) is 7.64. The number of hydrogen-bond donors (Lipinski definition) is 2. The van der Waals surface area contributed by atoms with Crippen molar-refractivity contribution >= 4 is 23.4 Å². The molecule has 2 aromatic rings. The average molecular weight is 324 g/mol. The zero-order chi connectivity index (χ0) is 15.2. The van der Waals surface area contributed by atoms with Gasteiger partial charge >= 0.3 is 0 Å². The molecular formula is C15H18ClN3OS. The number of aryl methyl sites for hydroxylation is 1. The first kappa shape index (κ1) is 16.1. The molecule has 1 aromatic heterocycles. The van der Waals surface area contributed by atoms with Crippen LogP contribution in [-0.4, -0.2) is 16.5 Å². The summed E-state index contributed by atoms with van der Waals surface area (Å²) in [5, 5.41) is 1.22. The van der Waals surface area contributed by atoms with E-state index >= 15 is 0 Å². The third-order valence-corrected chi connectivity index (χ3v) is 4.30. The molecule has 1 heterocycles. The molecule has 0 bridgehead atoms. The van der Waals surface area contributed by atoms with Gasteiger partial charge < -0.3 is 10.7 Å². The van der Waals surface area contributed by atoms with Crippen molar-refractivity contribution in [3.63, 3.8) is 0 Å². The summed E-state index contributed by atoms with van der Waals surface area (Å²) in [6, 6.07) is 7.38.